The summed E-state index contributed by atoms with van der Waals surface area (Å²) in [7, 11) is 0. The van der Waals surface area contributed by atoms with Gasteiger partial charge in [-0.2, -0.15) is 5.10 Å². The predicted octanol–water partition coefficient (Wildman–Crippen LogP) is 0.504. The lowest BCUT2D eigenvalue weighted by atomic mass is 10.2. The molecule has 0 aliphatic carbocycles. The average Bonchev–Trinajstić information content (AvgIpc) is 3.25. The van der Waals surface area contributed by atoms with Gasteiger partial charge in [-0.1, -0.05) is 5.16 Å². The highest BCUT2D eigenvalue weighted by Crippen LogP contribution is 2.08. The van der Waals surface area contributed by atoms with Gasteiger partial charge in [0.15, 0.2) is 0 Å². The van der Waals surface area contributed by atoms with Gasteiger partial charge in [-0.25, -0.2) is 0 Å². The van der Waals surface area contributed by atoms with Crippen LogP contribution in [0.5, 0.6) is 0 Å². The van der Waals surface area contributed by atoms with E-state index in [9.17, 15) is 4.79 Å². The van der Waals surface area contributed by atoms with Crippen LogP contribution in [-0.4, -0.2) is 69.9 Å². The van der Waals surface area contributed by atoms with Crippen LogP contribution in [0.2, 0.25) is 0 Å². The van der Waals surface area contributed by atoms with Crippen molar-refractivity contribution in [2.75, 3.05) is 39.3 Å². The van der Waals surface area contributed by atoms with Crippen LogP contribution in [0, 0.1) is 6.92 Å². The van der Waals surface area contributed by atoms with E-state index >= 15 is 0 Å². The van der Waals surface area contributed by atoms with Crippen LogP contribution in [0.4, 0.5) is 0 Å². The van der Waals surface area contributed by atoms with Gasteiger partial charge in [0, 0.05) is 64.3 Å². The summed E-state index contributed by atoms with van der Waals surface area (Å²) in [6.45, 7) is 8.38. The van der Waals surface area contributed by atoms with E-state index in [-0.39, 0.29) is 5.91 Å². The molecule has 0 aromatic carbocycles. The molecule has 1 saturated heterocycles. The molecule has 0 bridgehead atoms. The lowest BCUT2D eigenvalue weighted by Gasteiger charge is -2.33. The van der Waals surface area contributed by atoms with Gasteiger partial charge in [-0.3, -0.25) is 19.3 Å². The van der Waals surface area contributed by atoms with Crippen molar-refractivity contribution in [2.24, 2.45) is 0 Å². The standard InChI is InChI=1S/C17H26N6O2/c1-15-12-16(20-25-15)13-21-8-10-22(11-9-21)14-17(24)18-4-2-6-23-7-3-5-19-23/h3,5,7,12H,2,4,6,8-11,13-14H2,1H3,(H,18,24). The Kier molecular flexibility index (Phi) is 6.19. The largest absolute Gasteiger partial charge is 0.361 e. The van der Waals surface area contributed by atoms with E-state index in [1.54, 1.807) is 6.20 Å². The smallest absolute Gasteiger partial charge is 0.234 e. The summed E-state index contributed by atoms with van der Waals surface area (Å²) in [6.07, 6.45) is 4.59. The normalized spacial score (nSPS) is 16.2. The molecule has 8 nitrogen and oxygen atoms in total. The van der Waals surface area contributed by atoms with Crippen LogP contribution in [-0.2, 0) is 17.9 Å². The summed E-state index contributed by atoms with van der Waals surface area (Å²) in [5, 5.41) is 11.2. The fraction of sp³-hybridized carbons (Fsp3) is 0.588. The van der Waals surface area contributed by atoms with Gasteiger partial charge in [-0.15, -0.1) is 0 Å². The van der Waals surface area contributed by atoms with Crippen LogP contribution in [0.1, 0.15) is 17.9 Å². The van der Waals surface area contributed by atoms with E-state index in [1.165, 1.54) is 0 Å². The number of nitrogens with one attached hydrogen (secondary N) is 1. The second-order valence-corrected chi connectivity index (χ2v) is 6.45. The minimum atomic E-state index is 0.0982. The van der Waals surface area contributed by atoms with Gasteiger partial charge in [0.05, 0.1) is 12.2 Å². The zero-order valence-electron chi connectivity index (χ0n) is 14.7. The number of amides is 1. The van der Waals surface area contributed by atoms with Gasteiger partial charge in [0.25, 0.3) is 0 Å². The Labute approximate surface area is 147 Å². The first-order valence-electron chi connectivity index (χ1n) is 8.80. The van der Waals surface area contributed by atoms with Crippen molar-refractivity contribution in [2.45, 2.75) is 26.4 Å². The maximum Gasteiger partial charge on any atom is 0.234 e. The molecule has 8 heteroatoms. The zero-order chi connectivity index (χ0) is 17.5. The number of aromatic nitrogens is 3. The second kappa shape index (κ2) is 8.77. The van der Waals surface area contributed by atoms with Crippen LogP contribution in [0.3, 0.4) is 0 Å². The molecule has 1 aliphatic rings. The van der Waals surface area contributed by atoms with E-state index in [0.717, 1.165) is 57.1 Å². The summed E-state index contributed by atoms with van der Waals surface area (Å²) in [5.41, 5.74) is 0.973. The Morgan fingerprint density at radius 1 is 1.28 bits per heavy atom. The first-order chi connectivity index (χ1) is 12.2. The Bertz CT molecular complexity index is 646. The van der Waals surface area contributed by atoms with Gasteiger partial charge in [0.2, 0.25) is 5.91 Å². The summed E-state index contributed by atoms with van der Waals surface area (Å²) < 4.78 is 6.98. The number of nitrogens with zero attached hydrogens (tertiary/aromatic N) is 5. The molecule has 25 heavy (non-hydrogen) atoms. The van der Waals surface area contributed by atoms with Crippen LogP contribution < -0.4 is 5.32 Å². The van der Waals surface area contributed by atoms with E-state index in [2.05, 4.69) is 25.4 Å². The number of carbonyl (C=O) groups is 1. The van der Waals surface area contributed by atoms with Crippen molar-refractivity contribution in [1.29, 1.82) is 0 Å². The molecule has 0 atom stereocenters. The molecule has 1 amide bonds. The zero-order valence-corrected chi connectivity index (χ0v) is 14.7. The maximum atomic E-state index is 12.0. The molecule has 0 saturated carbocycles. The Morgan fingerprint density at radius 3 is 2.76 bits per heavy atom. The third kappa shape index (κ3) is 5.68. The first-order valence-corrected chi connectivity index (χ1v) is 8.80. The first kappa shape index (κ1) is 17.6. The Morgan fingerprint density at radius 2 is 2.08 bits per heavy atom. The molecular weight excluding hydrogens is 320 g/mol. The molecule has 0 radical (unpaired) electrons. The van der Waals surface area contributed by atoms with Crippen molar-refractivity contribution in [3.8, 4) is 0 Å². The molecule has 1 fully saturated rings. The van der Waals surface area contributed by atoms with Crippen LogP contribution in [0.25, 0.3) is 0 Å². The Balaban J connectivity index is 1.28. The van der Waals surface area contributed by atoms with Crippen molar-refractivity contribution in [1.82, 2.24) is 30.1 Å². The third-order valence-corrected chi connectivity index (χ3v) is 4.34. The monoisotopic (exact) mass is 346 g/mol. The second-order valence-electron chi connectivity index (χ2n) is 6.45. The highest BCUT2D eigenvalue weighted by molar-refractivity contribution is 5.77. The molecular formula is C17H26N6O2. The number of hydrogen-bond donors (Lipinski definition) is 1. The van der Waals surface area contributed by atoms with Gasteiger partial charge in [0.1, 0.15) is 5.76 Å². The highest BCUT2D eigenvalue weighted by atomic mass is 16.5. The van der Waals surface area contributed by atoms with Crippen molar-refractivity contribution >= 4 is 5.91 Å². The van der Waals surface area contributed by atoms with Crippen LogP contribution >= 0.6 is 0 Å². The minimum Gasteiger partial charge on any atom is -0.361 e. The van der Waals surface area contributed by atoms with E-state index in [0.29, 0.717) is 13.1 Å². The lowest BCUT2D eigenvalue weighted by Crippen LogP contribution is -2.49. The van der Waals surface area contributed by atoms with E-state index in [1.807, 2.05) is 29.9 Å². The maximum absolute atomic E-state index is 12.0. The number of rotatable bonds is 8. The van der Waals surface area contributed by atoms with Gasteiger partial charge < -0.3 is 9.84 Å². The predicted molar refractivity (Wildman–Crippen MR) is 92.8 cm³/mol. The fourth-order valence-electron chi connectivity index (χ4n) is 2.99. The summed E-state index contributed by atoms with van der Waals surface area (Å²) in [4.78, 5) is 16.6. The molecule has 136 valence electrons. The molecule has 1 N–H and O–H groups in total. The summed E-state index contributed by atoms with van der Waals surface area (Å²) >= 11 is 0. The number of piperazine rings is 1. The van der Waals surface area contributed by atoms with E-state index in [4.69, 9.17) is 4.52 Å². The topological polar surface area (TPSA) is 79.4 Å². The van der Waals surface area contributed by atoms with Crippen molar-refractivity contribution in [3.05, 3.63) is 36.0 Å². The summed E-state index contributed by atoms with van der Waals surface area (Å²) in [5.74, 6) is 0.943. The summed E-state index contributed by atoms with van der Waals surface area (Å²) in [6, 6.07) is 3.88. The fourth-order valence-corrected chi connectivity index (χ4v) is 2.99. The van der Waals surface area contributed by atoms with Crippen molar-refractivity contribution in [3.63, 3.8) is 0 Å². The van der Waals surface area contributed by atoms with E-state index < -0.39 is 0 Å². The lowest BCUT2D eigenvalue weighted by molar-refractivity contribution is -0.122. The Hall–Kier alpha value is -2.19. The molecule has 1 aliphatic heterocycles. The number of aryl methyl sites for hydroxylation is 2. The molecule has 0 unspecified atom stereocenters. The molecule has 0 spiro atoms. The molecule has 2 aromatic rings. The van der Waals surface area contributed by atoms with Crippen LogP contribution in [0.15, 0.2) is 29.0 Å². The molecule has 2 aromatic heterocycles. The quantitative estimate of drug-likeness (QED) is 0.702. The minimum absolute atomic E-state index is 0.0982. The molecule has 3 rings (SSSR count). The van der Waals surface area contributed by atoms with Gasteiger partial charge >= 0.3 is 0 Å². The highest BCUT2D eigenvalue weighted by Gasteiger charge is 2.19. The average molecular weight is 346 g/mol. The third-order valence-electron chi connectivity index (χ3n) is 4.34. The molecule has 3 heterocycles. The SMILES string of the molecule is Cc1cc(CN2CCN(CC(=O)NCCCn3cccn3)CC2)no1. The van der Waals surface area contributed by atoms with Crippen molar-refractivity contribution < 1.29 is 9.32 Å². The number of carbonyl (C=O) groups excluding carboxylic acids is 1. The van der Waals surface area contributed by atoms with Gasteiger partial charge in [-0.05, 0) is 19.4 Å². The number of hydrogen-bond acceptors (Lipinski definition) is 6.